The van der Waals surface area contributed by atoms with Crippen molar-refractivity contribution in [2.75, 3.05) is 13.6 Å². The summed E-state index contributed by atoms with van der Waals surface area (Å²) in [4.78, 5) is 0. The van der Waals surface area contributed by atoms with Gasteiger partial charge in [0, 0.05) is 0 Å². The van der Waals surface area contributed by atoms with Crippen molar-refractivity contribution in [1.82, 2.24) is 5.32 Å². The second-order valence-electron chi connectivity index (χ2n) is 6.11. The van der Waals surface area contributed by atoms with E-state index >= 15 is 0 Å². The highest BCUT2D eigenvalue weighted by Gasteiger charge is 2.10. The van der Waals surface area contributed by atoms with E-state index in [1.807, 2.05) is 0 Å². The zero-order valence-electron chi connectivity index (χ0n) is 13.8. The van der Waals surface area contributed by atoms with E-state index in [1.54, 1.807) is 0 Å². The van der Waals surface area contributed by atoms with Gasteiger partial charge in [-0.3, -0.25) is 0 Å². The highest BCUT2D eigenvalue weighted by atomic mass is 14.8. The SMILES string of the molecule is CCCCCCCCC(CNC)Cc1ccccc1C. The van der Waals surface area contributed by atoms with E-state index in [0.29, 0.717) is 0 Å². The average Bonchev–Trinajstić information content (AvgIpc) is 2.45. The quantitative estimate of drug-likeness (QED) is 0.552. The van der Waals surface area contributed by atoms with Gasteiger partial charge >= 0.3 is 0 Å². The first-order valence-electron chi connectivity index (χ1n) is 8.47. The van der Waals surface area contributed by atoms with Crippen LogP contribution in [0, 0.1) is 12.8 Å². The number of hydrogen-bond acceptors (Lipinski definition) is 1. The zero-order chi connectivity index (χ0) is 14.6. The molecule has 0 aromatic heterocycles. The number of hydrogen-bond donors (Lipinski definition) is 1. The van der Waals surface area contributed by atoms with E-state index in [-0.39, 0.29) is 0 Å². The maximum atomic E-state index is 3.37. The van der Waals surface area contributed by atoms with Crippen LogP contribution in [0.3, 0.4) is 0 Å². The Hall–Kier alpha value is -0.820. The minimum Gasteiger partial charge on any atom is -0.319 e. The van der Waals surface area contributed by atoms with Gasteiger partial charge in [-0.2, -0.15) is 0 Å². The van der Waals surface area contributed by atoms with Crippen LogP contribution in [0.5, 0.6) is 0 Å². The van der Waals surface area contributed by atoms with Gasteiger partial charge in [0.05, 0.1) is 0 Å². The van der Waals surface area contributed by atoms with Crippen molar-refractivity contribution in [2.24, 2.45) is 5.92 Å². The monoisotopic (exact) mass is 275 g/mol. The molecular formula is C19H33N. The standard InChI is InChI=1S/C19H33N/c1-4-5-6-7-8-9-13-18(16-20-3)15-19-14-11-10-12-17(19)2/h10-12,14,18,20H,4-9,13,15-16H2,1-3H3. The molecule has 0 amide bonds. The molecule has 0 saturated heterocycles. The Morgan fingerprint density at radius 2 is 1.70 bits per heavy atom. The molecule has 0 spiro atoms. The van der Waals surface area contributed by atoms with Crippen molar-refractivity contribution >= 4 is 0 Å². The molecule has 0 aliphatic heterocycles. The summed E-state index contributed by atoms with van der Waals surface area (Å²) in [5.41, 5.74) is 2.97. The van der Waals surface area contributed by atoms with Crippen LogP contribution in [0.2, 0.25) is 0 Å². The molecular weight excluding hydrogens is 242 g/mol. The maximum Gasteiger partial charge on any atom is -0.00203 e. The molecule has 0 heterocycles. The highest BCUT2D eigenvalue weighted by molar-refractivity contribution is 5.25. The molecule has 114 valence electrons. The third kappa shape index (κ3) is 7.09. The largest absolute Gasteiger partial charge is 0.319 e. The van der Waals surface area contributed by atoms with E-state index in [9.17, 15) is 0 Å². The van der Waals surface area contributed by atoms with Gasteiger partial charge in [-0.15, -0.1) is 0 Å². The van der Waals surface area contributed by atoms with Crippen molar-refractivity contribution in [3.05, 3.63) is 35.4 Å². The van der Waals surface area contributed by atoms with Crippen molar-refractivity contribution in [3.63, 3.8) is 0 Å². The molecule has 1 unspecified atom stereocenters. The van der Waals surface area contributed by atoms with Gasteiger partial charge in [0.1, 0.15) is 0 Å². The molecule has 1 rings (SSSR count). The molecule has 0 radical (unpaired) electrons. The second kappa shape index (κ2) is 10.9. The number of rotatable bonds is 11. The van der Waals surface area contributed by atoms with Crippen molar-refractivity contribution < 1.29 is 0 Å². The Morgan fingerprint density at radius 3 is 2.40 bits per heavy atom. The van der Waals surface area contributed by atoms with Crippen molar-refractivity contribution in [2.45, 2.75) is 65.2 Å². The van der Waals surface area contributed by atoms with Gasteiger partial charge in [-0.25, -0.2) is 0 Å². The Balaban J connectivity index is 2.31. The lowest BCUT2D eigenvalue weighted by Crippen LogP contribution is -2.21. The van der Waals surface area contributed by atoms with Gasteiger partial charge in [0.15, 0.2) is 0 Å². The van der Waals surface area contributed by atoms with Gasteiger partial charge < -0.3 is 5.32 Å². The molecule has 1 atom stereocenters. The van der Waals surface area contributed by atoms with Gasteiger partial charge in [-0.1, -0.05) is 69.7 Å². The number of benzene rings is 1. The molecule has 0 saturated carbocycles. The first-order chi connectivity index (χ1) is 9.77. The first-order valence-corrected chi connectivity index (χ1v) is 8.47. The fraction of sp³-hybridized carbons (Fsp3) is 0.684. The summed E-state index contributed by atoms with van der Waals surface area (Å²) in [5, 5.41) is 3.37. The lowest BCUT2D eigenvalue weighted by molar-refractivity contribution is 0.432. The summed E-state index contributed by atoms with van der Waals surface area (Å²) in [7, 11) is 2.08. The summed E-state index contributed by atoms with van der Waals surface area (Å²) in [6, 6.07) is 8.83. The lowest BCUT2D eigenvalue weighted by atomic mass is 9.91. The van der Waals surface area contributed by atoms with Crippen LogP contribution >= 0.6 is 0 Å². The van der Waals surface area contributed by atoms with Crippen molar-refractivity contribution in [3.8, 4) is 0 Å². The molecule has 0 fully saturated rings. The molecule has 1 nitrogen and oxygen atoms in total. The van der Waals surface area contributed by atoms with E-state index in [2.05, 4.69) is 50.5 Å². The summed E-state index contributed by atoms with van der Waals surface area (Å²) >= 11 is 0. The molecule has 1 aromatic rings. The van der Waals surface area contributed by atoms with Gasteiger partial charge in [0.25, 0.3) is 0 Å². The predicted octanol–water partition coefficient (Wildman–Crippen LogP) is 5.12. The Morgan fingerprint density at radius 1 is 1.00 bits per heavy atom. The molecule has 0 aliphatic carbocycles. The van der Waals surface area contributed by atoms with E-state index in [0.717, 1.165) is 12.5 Å². The van der Waals surface area contributed by atoms with E-state index in [4.69, 9.17) is 0 Å². The second-order valence-corrected chi connectivity index (χ2v) is 6.11. The minimum atomic E-state index is 0.785. The maximum absolute atomic E-state index is 3.37. The molecule has 0 bridgehead atoms. The van der Waals surface area contributed by atoms with Crippen LogP contribution in [0.4, 0.5) is 0 Å². The topological polar surface area (TPSA) is 12.0 Å². The Kier molecular flexibility index (Phi) is 9.40. The fourth-order valence-electron chi connectivity index (χ4n) is 2.93. The highest BCUT2D eigenvalue weighted by Crippen LogP contribution is 2.18. The van der Waals surface area contributed by atoms with Gasteiger partial charge in [0.2, 0.25) is 0 Å². The smallest absolute Gasteiger partial charge is 0.00203 e. The summed E-state index contributed by atoms with van der Waals surface area (Å²) in [6.07, 6.45) is 11.0. The molecule has 0 aliphatic rings. The Labute approximate surface area is 126 Å². The molecule has 1 heteroatoms. The third-order valence-electron chi connectivity index (χ3n) is 4.23. The third-order valence-corrected chi connectivity index (χ3v) is 4.23. The molecule has 1 aromatic carbocycles. The average molecular weight is 275 g/mol. The van der Waals surface area contributed by atoms with Crippen molar-refractivity contribution in [1.29, 1.82) is 0 Å². The van der Waals surface area contributed by atoms with E-state index < -0.39 is 0 Å². The number of unbranched alkanes of at least 4 members (excludes halogenated alkanes) is 5. The number of aryl methyl sites for hydroxylation is 1. The summed E-state index contributed by atoms with van der Waals surface area (Å²) in [6.45, 7) is 5.66. The van der Waals surface area contributed by atoms with Gasteiger partial charge in [-0.05, 0) is 50.4 Å². The zero-order valence-corrected chi connectivity index (χ0v) is 13.8. The van der Waals surface area contributed by atoms with Crippen LogP contribution in [-0.4, -0.2) is 13.6 Å². The van der Waals surface area contributed by atoms with Crippen LogP contribution < -0.4 is 5.32 Å². The lowest BCUT2D eigenvalue weighted by Gasteiger charge is -2.18. The van der Waals surface area contributed by atoms with Crippen LogP contribution in [-0.2, 0) is 6.42 Å². The molecule has 20 heavy (non-hydrogen) atoms. The summed E-state index contributed by atoms with van der Waals surface area (Å²) in [5.74, 6) is 0.785. The van der Waals surface area contributed by atoms with Crippen LogP contribution in [0.25, 0.3) is 0 Å². The number of nitrogens with one attached hydrogen (secondary N) is 1. The van der Waals surface area contributed by atoms with Crippen LogP contribution in [0.15, 0.2) is 24.3 Å². The predicted molar refractivity (Wildman–Crippen MR) is 90.3 cm³/mol. The molecule has 1 N–H and O–H groups in total. The Bertz CT molecular complexity index is 345. The summed E-state index contributed by atoms with van der Waals surface area (Å²) < 4.78 is 0. The fourth-order valence-corrected chi connectivity index (χ4v) is 2.93. The first kappa shape index (κ1) is 17.2. The van der Waals surface area contributed by atoms with E-state index in [1.165, 1.54) is 62.5 Å². The van der Waals surface area contributed by atoms with Crippen LogP contribution in [0.1, 0.15) is 63.0 Å². The normalized spacial score (nSPS) is 12.6. The minimum absolute atomic E-state index is 0.785.